The second kappa shape index (κ2) is 8.87. The molecule has 0 aliphatic carbocycles. The highest BCUT2D eigenvalue weighted by Crippen LogP contribution is 2.17. The van der Waals surface area contributed by atoms with E-state index in [1.54, 1.807) is 9.47 Å². The van der Waals surface area contributed by atoms with Gasteiger partial charge in [-0.3, -0.25) is 13.9 Å². The fraction of sp³-hybridized carbons (Fsp3) is 0.364. The number of amides is 1. The maximum Gasteiger partial charge on any atom is 0.329 e. The van der Waals surface area contributed by atoms with Crippen LogP contribution in [0.25, 0.3) is 11.0 Å². The Kier molecular flexibility index (Phi) is 6.16. The summed E-state index contributed by atoms with van der Waals surface area (Å²) in [6.45, 7) is 3.11. The lowest BCUT2D eigenvalue weighted by atomic mass is 10.1. The average molecular weight is 461 g/mol. The van der Waals surface area contributed by atoms with Crippen molar-refractivity contribution in [3.8, 4) is 0 Å². The smallest absolute Gasteiger partial charge is 0.329 e. The number of benzene rings is 2. The number of aromatic nitrogens is 2. The monoisotopic (exact) mass is 460 g/mol. The Morgan fingerprint density at radius 2 is 1.62 bits per heavy atom. The molecule has 1 fully saturated rings. The number of para-hydroxylation sites is 2. The second-order valence-corrected chi connectivity index (χ2v) is 9.55. The van der Waals surface area contributed by atoms with Crippen LogP contribution in [-0.2, 0) is 27.9 Å². The lowest BCUT2D eigenvalue weighted by Gasteiger charge is -2.32. The van der Waals surface area contributed by atoms with Gasteiger partial charge in [-0.15, -0.1) is 0 Å². The first-order valence-corrected chi connectivity index (χ1v) is 12.0. The number of carbonyl (C=O) groups excluding carboxylic acids is 1. The first-order valence-electron chi connectivity index (χ1n) is 10.5. The fourth-order valence-corrected chi connectivity index (χ4v) is 5.42. The van der Waals surface area contributed by atoms with Crippen molar-refractivity contribution >= 4 is 27.0 Å². The Balaban J connectivity index is 1.40. The van der Waals surface area contributed by atoms with Crippen LogP contribution in [0.4, 0.5) is 4.39 Å². The maximum absolute atomic E-state index is 13.1. The van der Waals surface area contributed by atoms with Gasteiger partial charge in [0.05, 0.1) is 15.9 Å². The highest BCUT2D eigenvalue weighted by Gasteiger charge is 2.27. The maximum atomic E-state index is 13.1. The zero-order valence-electron chi connectivity index (χ0n) is 17.7. The number of imidazole rings is 1. The summed E-state index contributed by atoms with van der Waals surface area (Å²) in [5.74, 6) is -0.678. The number of carbonyl (C=O) groups is 1. The molecule has 4 rings (SSSR count). The number of aryl methyl sites for hydroxylation is 1. The number of hydrogen-bond donors (Lipinski definition) is 1. The van der Waals surface area contributed by atoms with Crippen molar-refractivity contribution < 1.29 is 17.6 Å². The Bertz CT molecular complexity index is 1290. The molecule has 3 aromatic rings. The molecule has 1 aliphatic rings. The van der Waals surface area contributed by atoms with Gasteiger partial charge in [0.25, 0.3) is 0 Å². The van der Waals surface area contributed by atoms with E-state index in [9.17, 15) is 22.4 Å². The molecule has 1 N–H and O–H groups in total. The first-order chi connectivity index (χ1) is 15.3. The number of rotatable bonds is 6. The Labute approximate surface area is 185 Å². The topological polar surface area (TPSA) is 93.4 Å². The van der Waals surface area contributed by atoms with Crippen LogP contribution in [0.1, 0.15) is 19.8 Å². The largest absolute Gasteiger partial charge is 0.341 e. The molecule has 0 unspecified atom stereocenters. The SMILES string of the molecule is CCn1c(=O)n(CC(=O)N2CCC(NS(=O)(=O)c3ccc(F)cc3)CC2)c2ccccc21. The van der Waals surface area contributed by atoms with E-state index < -0.39 is 15.8 Å². The molecule has 170 valence electrons. The number of sulfonamides is 1. The second-order valence-electron chi connectivity index (χ2n) is 7.83. The summed E-state index contributed by atoms with van der Waals surface area (Å²) in [4.78, 5) is 27.3. The quantitative estimate of drug-likeness (QED) is 0.608. The molecule has 0 spiro atoms. The number of hydrogen-bond acceptors (Lipinski definition) is 4. The molecule has 0 radical (unpaired) electrons. The molecule has 1 aromatic heterocycles. The summed E-state index contributed by atoms with van der Waals surface area (Å²) < 4.78 is 43.8. The van der Waals surface area contributed by atoms with Crippen LogP contribution in [0.15, 0.2) is 58.2 Å². The van der Waals surface area contributed by atoms with Crippen molar-refractivity contribution in [1.82, 2.24) is 18.8 Å². The average Bonchev–Trinajstić information content (AvgIpc) is 3.05. The minimum Gasteiger partial charge on any atom is -0.341 e. The van der Waals surface area contributed by atoms with Gasteiger partial charge in [-0.25, -0.2) is 22.3 Å². The zero-order chi connectivity index (χ0) is 22.9. The van der Waals surface area contributed by atoms with Crippen molar-refractivity contribution in [2.24, 2.45) is 0 Å². The van der Waals surface area contributed by atoms with E-state index in [4.69, 9.17) is 0 Å². The van der Waals surface area contributed by atoms with E-state index in [1.165, 1.54) is 16.7 Å². The molecule has 0 saturated carbocycles. The predicted octanol–water partition coefficient (Wildman–Crippen LogP) is 1.93. The Morgan fingerprint density at radius 1 is 1.03 bits per heavy atom. The van der Waals surface area contributed by atoms with Gasteiger partial charge < -0.3 is 4.90 Å². The normalized spacial score (nSPS) is 15.4. The van der Waals surface area contributed by atoms with Gasteiger partial charge in [-0.05, 0) is 56.2 Å². The van der Waals surface area contributed by atoms with Crippen LogP contribution in [0.3, 0.4) is 0 Å². The Hall–Kier alpha value is -2.98. The van der Waals surface area contributed by atoms with E-state index in [0.717, 1.165) is 23.2 Å². The van der Waals surface area contributed by atoms with Gasteiger partial charge in [-0.1, -0.05) is 12.1 Å². The molecular formula is C22H25FN4O4S. The summed E-state index contributed by atoms with van der Waals surface area (Å²) in [6, 6.07) is 11.7. The van der Waals surface area contributed by atoms with Crippen LogP contribution in [0.5, 0.6) is 0 Å². The summed E-state index contributed by atoms with van der Waals surface area (Å²) in [7, 11) is -3.76. The molecule has 0 bridgehead atoms. The molecule has 0 atom stereocenters. The fourth-order valence-electron chi connectivity index (χ4n) is 4.11. The molecule has 2 heterocycles. The third-order valence-electron chi connectivity index (χ3n) is 5.83. The molecule has 2 aromatic carbocycles. The molecule has 1 aliphatic heterocycles. The van der Waals surface area contributed by atoms with E-state index >= 15 is 0 Å². The molecule has 10 heteroatoms. The molecule has 1 saturated heterocycles. The number of piperidine rings is 1. The van der Waals surface area contributed by atoms with Gasteiger partial charge in [-0.2, -0.15) is 0 Å². The Morgan fingerprint density at radius 3 is 2.22 bits per heavy atom. The van der Waals surface area contributed by atoms with Crippen molar-refractivity contribution in [3.63, 3.8) is 0 Å². The summed E-state index contributed by atoms with van der Waals surface area (Å²) in [5, 5.41) is 0. The number of nitrogens with zero attached hydrogens (tertiary/aromatic N) is 3. The van der Waals surface area contributed by atoms with E-state index in [0.29, 0.717) is 32.5 Å². The standard InChI is InChI=1S/C22H25FN4O4S/c1-2-26-19-5-3-4-6-20(19)27(22(26)29)15-21(28)25-13-11-17(12-14-25)24-32(30,31)18-9-7-16(23)8-10-18/h3-10,17,24H,2,11-15H2,1H3. The van der Waals surface area contributed by atoms with Crippen LogP contribution >= 0.6 is 0 Å². The van der Waals surface area contributed by atoms with E-state index in [-0.39, 0.29) is 29.1 Å². The van der Waals surface area contributed by atoms with E-state index in [1.807, 2.05) is 31.2 Å². The van der Waals surface area contributed by atoms with Crippen LogP contribution in [0, 0.1) is 5.82 Å². The van der Waals surface area contributed by atoms with Crippen molar-refractivity contribution in [3.05, 3.63) is 64.8 Å². The summed E-state index contributed by atoms with van der Waals surface area (Å²) in [5.41, 5.74) is 1.29. The van der Waals surface area contributed by atoms with Crippen LogP contribution in [0.2, 0.25) is 0 Å². The lowest BCUT2D eigenvalue weighted by Crippen LogP contribution is -2.47. The van der Waals surface area contributed by atoms with Gasteiger partial charge >= 0.3 is 5.69 Å². The summed E-state index contributed by atoms with van der Waals surface area (Å²) >= 11 is 0. The highest BCUT2D eigenvalue weighted by molar-refractivity contribution is 7.89. The minimum atomic E-state index is -3.76. The highest BCUT2D eigenvalue weighted by atomic mass is 32.2. The molecule has 8 nitrogen and oxygen atoms in total. The number of likely N-dealkylation sites (tertiary alicyclic amines) is 1. The van der Waals surface area contributed by atoms with Crippen molar-refractivity contribution in [1.29, 1.82) is 0 Å². The van der Waals surface area contributed by atoms with Crippen molar-refractivity contribution in [2.75, 3.05) is 13.1 Å². The van der Waals surface area contributed by atoms with Gasteiger partial charge in [0, 0.05) is 25.7 Å². The first kappa shape index (κ1) is 22.2. The predicted molar refractivity (Wildman–Crippen MR) is 118 cm³/mol. The zero-order valence-corrected chi connectivity index (χ0v) is 18.5. The van der Waals surface area contributed by atoms with Crippen LogP contribution in [-0.4, -0.2) is 47.5 Å². The van der Waals surface area contributed by atoms with Gasteiger partial charge in [0.1, 0.15) is 12.4 Å². The molecule has 32 heavy (non-hydrogen) atoms. The van der Waals surface area contributed by atoms with Gasteiger partial charge in [0.2, 0.25) is 15.9 Å². The minimum absolute atomic E-state index is 0.00379. The van der Waals surface area contributed by atoms with Crippen LogP contribution < -0.4 is 10.4 Å². The number of halogens is 1. The van der Waals surface area contributed by atoms with E-state index in [2.05, 4.69) is 4.72 Å². The van der Waals surface area contributed by atoms with Gasteiger partial charge in [0.15, 0.2) is 0 Å². The van der Waals surface area contributed by atoms with Crippen molar-refractivity contribution in [2.45, 2.75) is 43.8 Å². The summed E-state index contributed by atoms with van der Waals surface area (Å²) in [6.07, 6.45) is 0.912. The molecular weight excluding hydrogens is 435 g/mol. The third-order valence-corrected chi connectivity index (χ3v) is 7.36. The molecule has 1 amide bonds. The lowest BCUT2D eigenvalue weighted by molar-refractivity contribution is -0.132. The third kappa shape index (κ3) is 4.33. The number of nitrogens with one attached hydrogen (secondary N) is 1. The number of fused-ring (bicyclic) bond motifs is 1.